The van der Waals surface area contributed by atoms with Crippen LogP contribution >= 0.6 is 0 Å². The number of nitrogens with one attached hydrogen (secondary N) is 1. The van der Waals surface area contributed by atoms with Gasteiger partial charge < -0.3 is 10.2 Å². The second kappa shape index (κ2) is 9.08. The summed E-state index contributed by atoms with van der Waals surface area (Å²) >= 11 is 0. The van der Waals surface area contributed by atoms with Gasteiger partial charge in [0, 0.05) is 49.4 Å². The molecule has 33 heavy (non-hydrogen) atoms. The number of carbonyl (C=O) groups excluding carboxylic acids is 2. The molecule has 1 saturated heterocycles. The Kier molecular flexibility index (Phi) is 5.68. The summed E-state index contributed by atoms with van der Waals surface area (Å²) < 4.78 is 1.71. The SMILES string of the molecule is O=C(NCc1ccc(N2CCCC2=O)cc1)c1cn(-c2ccccc2)nc1-c1cccnc1. The summed E-state index contributed by atoms with van der Waals surface area (Å²) in [4.78, 5) is 31.1. The van der Waals surface area contributed by atoms with E-state index in [-0.39, 0.29) is 11.8 Å². The lowest BCUT2D eigenvalue weighted by molar-refractivity contribution is -0.117. The van der Waals surface area contributed by atoms with Gasteiger partial charge in [0.1, 0.15) is 5.69 Å². The van der Waals surface area contributed by atoms with Crippen molar-refractivity contribution in [3.05, 3.63) is 96.4 Å². The van der Waals surface area contributed by atoms with Gasteiger partial charge in [-0.05, 0) is 48.4 Å². The number of carbonyl (C=O) groups is 2. The van der Waals surface area contributed by atoms with Gasteiger partial charge in [0.05, 0.1) is 11.3 Å². The third-order valence-corrected chi connectivity index (χ3v) is 5.69. The van der Waals surface area contributed by atoms with Crippen molar-refractivity contribution in [2.24, 2.45) is 0 Å². The van der Waals surface area contributed by atoms with Crippen LogP contribution in [0.3, 0.4) is 0 Å². The highest BCUT2D eigenvalue weighted by Crippen LogP contribution is 2.24. The van der Waals surface area contributed by atoms with Crippen molar-refractivity contribution in [2.75, 3.05) is 11.4 Å². The molecule has 0 unspecified atom stereocenters. The van der Waals surface area contributed by atoms with Crippen LogP contribution in [0.25, 0.3) is 16.9 Å². The minimum absolute atomic E-state index is 0.161. The van der Waals surface area contributed by atoms with Crippen molar-refractivity contribution >= 4 is 17.5 Å². The van der Waals surface area contributed by atoms with Crippen LogP contribution in [-0.2, 0) is 11.3 Å². The molecule has 1 N–H and O–H groups in total. The lowest BCUT2D eigenvalue weighted by Gasteiger charge is -2.16. The van der Waals surface area contributed by atoms with E-state index in [4.69, 9.17) is 0 Å². The standard InChI is InChI=1S/C26H23N5O2/c32-24-9-5-15-30(24)21-12-10-19(11-13-21)16-28-26(33)23-18-31(22-7-2-1-3-8-22)29-25(23)20-6-4-14-27-17-20/h1-4,6-8,10-14,17-18H,5,9,15-16H2,(H,28,33). The minimum atomic E-state index is -0.213. The number of para-hydroxylation sites is 1. The van der Waals surface area contributed by atoms with Crippen LogP contribution in [0, 0.1) is 0 Å². The zero-order valence-electron chi connectivity index (χ0n) is 18.0. The molecule has 0 bridgehead atoms. The maximum Gasteiger partial charge on any atom is 0.255 e. The molecule has 0 radical (unpaired) electrons. The molecule has 2 aromatic carbocycles. The Labute approximate surface area is 191 Å². The van der Waals surface area contributed by atoms with E-state index < -0.39 is 0 Å². The van der Waals surface area contributed by atoms with E-state index in [1.807, 2.05) is 66.7 Å². The Morgan fingerprint density at radius 3 is 2.48 bits per heavy atom. The summed E-state index contributed by atoms with van der Waals surface area (Å²) in [6.45, 7) is 1.13. The first-order valence-corrected chi connectivity index (χ1v) is 10.9. The number of pyridine rings is 1. The number of aromatic nitrogens is 3. The highest BCUT2D eigenvalue weighted by molar-refractivity contribution is 6.00. The third-order valence-electron chi connectivity index (χ3n) is 5.69. The van der Waals surface area contributed by atoms with Gasteiger partial charge in [-0.25, -0.2) is 4.68 Å². The second-order valence-corrected chi connectivity index (χ2v) is 7.91. The average Bonchev–Trinajstić information content (AvgIpc) is 3.51. The van der Waals surface area contributed by atoms with Crippen LogP contribution in [0.4, 0.5) is 5.69 Å². The minimum Gasteiger partial charge on any atom is -0.348 e. The molecule has 5 rings (SSSR count). The lowest BCUT2D eigenvalue weighted by Crippen LogP contribution is -2.24. The van der Waals surface area contributed by atoms with E-state index in [0.29, 0.717) is 24.2 Å². The van der Waals surface area contributed by atoms with Gasteiger partial charge in [0.2, 0.25) is 5.91 Å². The topological polar surface area (TPSA) is 80.1 Å². The fourth-order valence-electron chi connectivity index (χ4n) is 3.96. The van der Waals surface area contributed by atoms with E-state index in [2.05, 4.69) is 15.4 Å². The summed E-state index contributed by atoms with van der Waals surface area (Å²) in [6, 6.07) is 21.1. The Bertz CT molecular complexity index is 1270. The molecule has 4 aromatic rings. The normalized spacial score (nSPS) is 13.3. The van der Waals surface area contributed by atoms with Crippen LogP contribution in [0.1, 0.15) is 28.8 Å². The van der Waals surface area contributed by atoms with Crippen molar-refractivity contribution < 1.29 is 9.59 Å². The fraction of sp³-hybridized carbons (Fsp3) is 0.154. The first-order chi connectivity index (χ1) is 16.2. The zero-order chi connectivity index (χ0) is 22.6. The smallest absolute Gasteiger partial charge is 0.255 e. The van der Waals surface area contributed by atoms with E-state index in [0.717, 1.165) is 35.5 Å². The molecular formula is C26H23N5O2. The van der Waals surface area contributed by atoms with E-state index in [1.165, 1.54) is 0 Å². The molecule has 1 fully saturated rings. The summed E-state index contributed by atoms with van der Waals surface area (Å²) in [5, 5.41) is 7.66. The molecule has 0 atom stereocenters. The Morgan fingerprint density at radius 1 is 0.970 bits per heavy atom. The van der Waals surface area contributed by atoms with Gasteiger partial charge in [-0.3, -0.25) is 14.6 Å². The molecule has 1 aliphatic rings. The molecule has 2 aromatic heterocycles. The Hall–Kier alpha value is -4.26. The molecule has 7 heteroatoms. The molecule has 164 valence electrons. The lowest BCUT2D eigenvalue weighted by atomic mass is 10.1. The molecule has 3 heterocycles. The summed E-state index contributed by atoms with van der Waals surface area (Å²) in [7, 11) is 0. The van der Waals surface area contributed by atoms with Crippen molar-refractivity contribution in [1.29, 1.82) is 0 Å². The number of anilines is 1. The van der Waals surface area contributed by atoms with Gasteiger partial charge >= 0.3 is 0 Å². The van der Waals surface area contributed by atoms with Gasteiger partial charge in [-0.1, -0.05) is 30.3 Å². The van der Waals surface area contributed by atoms with Crippen molar-refractivity contribution in [3.63, 3.8) is 0 Å². The molecular weight excluding hydrogens is 414 g/mol. The Balaban J connectivity index is 1.35. The number of nitrogens with zero attached hydrogens (tertiary/aromatic N) is 4. The van der Waals surface area contributed by atoms with Crippen LogP contribution < -0.4 is 10.2 Å². The molecule has 0 spiro atoms. The predicted molar refractivity (Wildman–Crippen MR) is 126 cm³/mol. The van der Waals surface area contributed by atoms with Crippen molar-refractivity contribution in [1.82, 2.24) is 20.1 Å². The zero-order valence-corrected chi connectivity index (χ0v) is 18.0. The number of hydrogen-bond donors (Lipinski definition) is 1. The van der Waals surface area contributed by atoms with Crippen LogP contribution in [0.5, 0.6) is 0 Å². The second-order valence-electron chi connectivity index (χ2n) is 7.91. The van der Waals surface area contributed by atoms with Crippen LogP contribution in [-0.4, -0.2) is 33.1 Å². The monoisotopic (exact) mass is 437 g/mol. The summed E-state index contributed by atoms with van der Waals surface area (Å²) in [5.41, 5.74) is 4.55. The molecule has 2 amide bonds. The van der Waals surface area contributed by atoms with Gasteiger partial charge in [0.15, 0.2) is 0 Å². The van der Waals surface area contributed by atoms with Crippen LogP contribution in [0.2, 0.25) is 0 Å². The summed E-state index contributed by atoms with van der Waals surface area (Å²) in [6.07, 6.45) is 6.64. The molecule has 0 saturated carbocycles. The molecule has 1 aliphatic heterocycles. The number of rotatable bonds is 6. The van der Waals surface area contributed by atoms with Crippen molar-refractivity contribution in [2.45, 2.75) is 19.4 Å². The predicted octanol–water partition coefficient (Wildman–Crippen LogP) is 3.99. The van der Waals surface area contributed by atoms with E-state index >= 15 is 0 Å². The third kappa shape index (κ3) is 4.39. The van der Waals surface area contributed by atoms with Crippen LogP contribution in [0.15, 0.2) is 85.3 Å². The van der Waals surface area contributed by atoms with E-state index in [9.17, 15) is 9.59 Å². The van der Waals surface area contributed by atoms with Gasteiger partial charge in [-0.2, -0.15) is 5.10 Å². The molecule has 7 nitrogen and oxygen atoms in total. The van der Waals surface area contributed by atoms with Crippen molar-refractivity contribution in [3.8, 4) is 16.9 Å². The number of hydrogen-bond acceptors (Lipinski definition) is 4. The average molecular weight is 438 g/mol. The largest absolute Gasteiger partial charge is 0.348 e. The number of benzene rings is 2. The first-order valence-electron chi connectivity index (χ1n) is 10.9. The fourth-order valence-corrected chi connectivity index (χ4v) is 3.96. The van der Waals surface area contributed by atoms with Gasteiger partial charge in [0.25, 0.3) is 5.91 Å². The number of amides is 2. The maximum absolute atomic E-state index is 13.1. The highest BCUT2D eigenvalue weighted by Gasteiger charge is 2.22. The Morgan fingerprint density at radius 2 is 1.79 bits per heavy atom. The quantitative estimate of drug-likeness (QED) is 0.495. The maximum atomic E-state index is 13.1. The molecule has 0 aliphatic carbocycles. The highest BCUT2D eigenvalue weighted by atomic mass is 16.2. The summed E-state index contributed by atoms with van der Waals surface area (Å²) in [5.74, 6) is -0.0516. The van der Waals surface area contributed by atoms with Gasteiger partial charge in [-0.15, -0.1) is 0 Å². The van der Waals surface area contributed by atoms with E-state index in [1.54, 1.807) is 28.2 Å². The first kappa shape index (κ1) is 20.6.